The molecule has 1 aliphatic rings. The summed E-state index contributed by atoms with van der Waals surface area (Å²) in [5, 5.41) is 3.05. The maximum atomic E-state index is 11.8. The number of hydrogen-bond acceptors (Lipinski definition) is 2. The molecule has 3 nitrogen and oxygen atoms in total. The molecule has 0 radical (unpaired) electrons. The molecular formula is C16H32N2O. The number of nitrogens with two attached hydrogens (primary N) is 1. The van der Waals surface area contributed by atoms with Crippen molar-refractivity contribution in [1.29, 1.82) is 0 Å². The first kappa shape index (κ1) is 16.5. The highest BCUT2D eigenvalue weighted by atomic mass is 16.1. The lowest BCUT2D eigenvalue weighted by Crippen LogP contribution is -2.29. The minimum atomic E-state index is 0.183. The Labute approximate surface area is 118 Å². The predicted octanol–water partition coefficient (Wildman–Crippen LogP) is 3.08. The van der Waals surface area contributed by atoms with Crippen LogP contribution in [0.15, 0.2) is 0 Å². The zero-order chi connectivity index (χ0) is 14.1. The normalized spacial score (nSPS) is 17.9. The second-order valence-electron chi connectivity index (χ2n) is 6.58. The lowest BCUT2D eigenvalue weighted by molar-refractivity contribution is -0.122. The minimum absolute atomic E-state index is 0.183. The summed E-state index contributed by atoms with van der Waals surface area (Å²) >= 11 is 0. The van der Waals surface area contributed by atoms with Crippen LogP contribution in [0.5, 0.6) is 0 Å². The van der Waals surface area contributed by atoms with Crippen LogP contribution in [-0.2, 0) is 4.79 Å². The third-order valence-electron chi connectivity index (χ3n) is 4.20. The van der Waals surface area contributed by atoms with Gasteiger partial charge in [-0.25, -0.2) is 0 Å². The summed E-state index contributed by atoms with van der Waals surface area (Å²) in [5.74, 6) is 2.07. The molecule has 0 aliphatic heterocycles. The molecule has 0 heterocycles. The lowest BCUT2D eigenvalue weighted by Gasteiger charge is -2.16. The number of carbonyl (C=O) groups is 1. The van der Waals surface area contributed by atoms with Crippen molar-refractivity contribution in [2.45, 2.75) is 65.2 Å². The number of rotatable bonds is 9. The highest BCUT2D eigenvalue weighted by Gasteiger charge is 2.15. The van der Waals surface area contributed by atoms with Gasteiger partial charge in [0, 0.05) is 13.0 Å². The van der Waals surface area contributed by atoms with E-state index >= 15 is 0 Å². The minimum Gasteiger partial charge on any atom is -0.356 e. The van der Waals surface area contributed by atoms with Crippen LogP contribution in [0.25, 0.3) is 0 Å². The molecule has 0 aromatic carbocycles. The Morgan fingerprint density at radius 3 is 2.58 bits per heavy atom. The first-order valence-electron chi connectivity index (χ1n) is 8.08. The molecule has 1 fully saturated rings. The fourth-order valence-electron chi connectivity index (χ4n) is 3.18. The first-order valence-corrected chi connectivity index (χ1v) is 8.08. The van der Waals surface area contributed by atoms with Crippen molar-refractivity contribution in [2.24, 2.45) is 23.5 Å². The van der Waals surface area contributed by atoms with Crippen molar-refractivity contribution in [2.75, 3.05) is 13.1 Å². The van der Waals surface area contributed by atoms with Gasteiger partial charge in [0.25, 0.3) is 0 Å². The molecule has 3 heteroatoms. The molecule has 112 valence electrons. The fourth-order valence-corrected chi connectivity index (χ4v) is 3.18. The highest BCUT2D eigenvalue weighted by molar-refractivity contribution is 5.76. The summed E-state index contributed by atoms with van der Waals surface area (Å²) in [7, 11) is 0. The molecule has 19 heavy (non-hydrogen) atoms. The van der Waals surface area contributed by atoms with Gasteiger partial charge in [-0.2, -0.15) is 0 Å². The summed E-state index contributed by atoms with van der Waals surface area (Å²) in [4.78, 5) is 11.8. The molecule has 3 N–H and O–H groups in total. The first-order chi connectivity index (χ1) is 9.11. The van der Waals surface area contributed by atoms with E-state index in [4.69, 9.17) is 5.73 Å². The average molecular weight is 268 g/mol. The van der Waals surface area contributed by atoms with Crippen LogP contribution in [0.1, 0.15) is 65.2 Å². The SMILES string of the molecule is CC(C)CC(CN)CC(=O)NCCCC1CCCC1. The quantitative estimate of drug-likeness (QED) is 0.631. The zero-order valence-electron chi connectivity index (χ0n) is 12.8. The molecule has 1 aliphatic carbocycles. The van der Waals surface area contributed by atoms with Crippen LogP contribution in [0.3, 0.4) is 0 Å². The third-order valence-corrected chi connectivity index (χ3v) is 4.20. The Morgan fingerprint density at radius 2 is 2.00 bits per heavy atom. The largest absolute Gasteiger partial charge is 0.356 e. The maximum Gasteiger partial charge on any atom is 0.220 e. The monoisotopic (exact) mass is 268 g/mol. The summed E-state index contributed by atoms with van der Waals surface area (Å²) in [6.07, 6.45) is 9.68. The van der Waals surface area contributed by atoms with E-state index in [1.165, 1.54) is 32.1 Å². The van der Waals surface area contributed by atoms with E-state index < -0.39 is 0 Å². The predicted molar refractivity (Wildman–Crippen MR) is 80.8 cm³/mol. The number of carbonyl (C=O) groups excluding carboxylic acids is 1. The number of amides is 1. The summed E-state index contributed by atoms with van der Waals surface area (Å²) in [6, 6.07) is 0. The molecule has 1 unspecified atom stereocenters. The van der Waals surface area contributed by atoms with E-state index in [2.05, 4.69) is 19.2 Å². The average Bonchev–Trinajstić information content (AvgIpc) is 2.86. The Kier molecular flexibility index (Phi) is 8.11. The van der Waals surface area contributed by atoms with Crippen molar-refractivity contribution in [1.82, 2.24) is 5.32 Å². The van der Waals surface area contributed by atoms with Gasteiger partial charge in [0.15, 0.2) is 0 Å². The molecule has 1 atom stereocenters. The van der Waals surface area contributed by atoms with Crippen molar-refractivity contribution >= 4 is 5.91 Å². The standard InChI is InChI=1S/C16H32N2O/c1-13(2)10-15(12-17)11-16(19)18-9-5-8-14-6-3-4-7-14/h13-15H,3-12,17H2,1-2H3,(H,18,19). The second-order valence-corrected chi connectivity index (χ2v) is 6.58. The van der Waals surface area contributed by atoms with Crippen molar-refractivity contribution in [3.8, 4) is 0 Å². The van der Waals surface area contributed by atoms with Crippen molar-refractivity contribution in [3.05, 3.63) is 0 Å². The molecule has 1 saturated carbocycles. The van der Waals surface area contributed by atoms with Gasteiger partial charge >= 0.3 is 0 Å². The summed E-state index contributed by atoms with van der Waals surface area (Å²) < 4.78 is 0. The molecule has 0 bridgehead atoms. The molecule has 0 aromatic rings. The number of nitrogens with one attached hydrogen (secondary N) is 1. The van der Waals surface area contributed by atoms with Gasteiger partial charge in [0.05, 0.1) is 0 Å². The van der Waals surface area contributed by atoms with Gasteiger partial charge in [-0.15, -0.1) is 0 Å². The zero-order valence-corrected chi connectivity index (χ0v) is 12.8. The summed E-state index contributed by atoms with van der Waals surface area (Å²) in [5.41, 5.74) is 5.73. The van der Waals surface area contributed by atoms with Crippen LogP contribution >= 0.6 is 0 Å². The molecule has 1 rings (SSSR count). The maximum absolute atomic E-state index is 11.8. The van der Waals surface area contributed by atoms with E-state index in [0.29, 0.717) is 24.8 Å². The molecule has 0 saturated heterocycles. The van der Waals surface area contributed by atoms with Crippen LogP contribution < -0.4 is 11.1 Å². The fraction of sp³-hybridized carbons (Fsp3) is 0.938. The van der Waals surface area contributed by atoms with Crippen LogP contribution in [-0.4, -0.2) is 19.0 Å². The summed E-state index contributed by atoms with van der Waals surface area (Å²) in [6.45, 7) is 5.83. The van der Waals surface area contributed by atoms with Crippen molar-refractivity contribution < 1.29 is 4.79 Å². The molecular weight excluding hydrogens is 236 g/mol. The Morgan fingerprint density at radius 1 is 1.32 bits per heavy atom. The number of hydrogen-bond donors (Lipinski definition) is 2. The van der Waals surface area contributed by atoms with Crippen LogP contribution in [0.4, 0.5) is 0 Å². The van der Waals surface area contributed by atoms with E-state index in [1.807, 2.05) is 0 Å². The Hall–Kier alpha value is -0.570. The van der Waals surface area contributed by atoms with Gasteiger partial charge in [0.2, 0.25) is 5.91 Å². The van der Waals surface area contributed by atoms with E-state index in [9.17, 15) is 4.79 Å². The smallest absolute Gasteiger partial charge is 0.220 e. The lowest BCUT2D eigenvalue weighted by atomic mass is 9.94. The van der Waals surface area contributed by atoms with Gasteiger partial charge in [0.1, 0.15) is 0 Å². The third kappa shape index (κ3) is 7.56. The van der Waals surface area contributed by atoms with E-state index in [0.717, 1.165) is 25.3 Å². The van der Waals surface area contributed by atoms with Gasteiger partial charge in [-0.3, -0.25) is 4.79 Å². The van der Waals surface area contributed by atoms with Gasteiger partial charge in [-0.05, 0) is 43.6 Å². The highest BCUT2D eigenvalue weighted by Crippen LogP contribution is 2.28. The van der Waals surface area contributed by atoms with Crippen molar-refractivity contribution in [3.63, 3.8) is 0 Å². The Bertz CT molecular complexity index is 247. The topological polar surface area (TPSA) is 55.1 Å². The van der Waals surface area contributed by atoms with Crippen LogP contribution in [0, 0.1) is 17.8 Å². The molecule has 0 spiro atoms. The Balaban J connectivity index is 2.05. The van der Waals surface area contributed by atoms with Crippen LogP contribution in [0.2, 0.25) is 0 Å². The van der Waals surface area contributed by atoms with E-state index in [-0.39, 0.29) is 5.91 Å². The molecule has 0 aromatic heterocycles. The van der Waals surface area contributed by atoms with E-state index in [1.54, 1.807) is 0 Å². The molecule has 1 amide bonds. The van der Waals surface area contributed by atoms with Gasteiger partial charge < -0.3 is 11.1 Å². The van der Waals surface area contributed by atoms with Gasteiger partial charge in [-0.1, -0.05) is 39.5 Å². The second kappa shape index (κ2) is 9.35.